The number of carboxylic acid groups (broad SMARTS) is 1. The summed E-state index contributed by atoms with van der Waals surface area (Å²) in [5.74, 6) is -0.945. The Morgan fingerprint density at radius 1 is 1.18 bits per heavy atom. The molecule has 0 saturated heterocycles. The number of fused-ring (bicyclic) bond motifs is 3. The molecule has 6 rings (SSSR count). The lowest BCUT2D eigenvalue weighted by Crippen LogP contribution is -2.39. The van der Waals surface area contributed by atoms with Gasteiger partial charge in [-0.15, -0.1) is 5.10 Å². The van der Waals surface area contributed by atoms with Crippen LogP contribution in [-0.4, -0.2) is 51.4 Å². The second-order valence-corrected chi connectivity index (χ2v) is 12.6. The zero-order valence-corrected chi connectivity index (χ0v) is 23.6. The van der Waals surface area contributed by atoms with Crippen molar-refractivity contribution in [3.8, 4) is 5.75 Å². The van der Waals surface area contributed by atoms with Gasteiger partial charge in [0.15, 0.2) is 0 Å². The monoisotopic (exact) mass is 560 g/mol. The summed E-state index contributed by atoms with van der Waals surface area (Å²) in [5.41, 5.74) is 6.26. The van der Waals surface area contributed by atoms with E-state index in [1.54, 1.807) is 33.3 Å². The van der Waals surface area contributed by atoms with Gasteiger partial charge in [0.25, 0.3) is 0 Å². The molecule has 2 unspecified atom stereocenters. The zero-order valence-electron chi connectivity index (χ0n) is 22.7. The van der Waals surface area contributed by atoms with Crippen LogP contribution >= 0.6 is 0 Å². The summed E-state index contributed by atoms with van der Waals surface area (Å²) in [6, 6.07) is 16.4. The molecule has 0 radical (unpaired) electrons. The van der Waals surface area contributed by atoms with Crippen molar-refractivity contribution >= 4 is 27.0 Å². The molecule has 9 nitrogen and oxygen atoms in total. The molecule has 2 heterocycles. The summed E-state index contributed by atoms with van der Waals surface area (Å²) in [6.45, 7) is 4.20. The highest BCUT2D eigenvalue weighted by Crippen LogP contribution is 2.44. The fraction of sp³-hybridized carbons (Fsp3) is 0.367. The summed E-state index contributed by atoms with van der Waals surface area (Å²) in [4.78, 5) is 12.2. The van der Waals surface area contributed by atoms with Gasteiger partial charge in [-0.3, -0.25) is 4.79 Å². The number of rotatable bonds is 6. The van der Waals surface area contributed by atoms with Crippen molar-refractivity contribution in [3.05, 3.63) is 82.4 Å². The fourth-order valence-electron chi connectivity index (χ4n) is 6.23. The van der Waals surface area contributed by atoms with Crippen LogP contribution in [0, 0.1) is 6.92 Å². The Labute approximate surface area is 233 Å². The van der Waals surface area contributed by atoms with Gasteiger partial charge in [0.1, 0.15) is 22.3 Å². The lowest BCUT2D eigenvalue weighted by molar-refractivity contribution is -0.137. The van der Waals surface area contributed by atoms with Gasteiger partial charge in [-0.1, -0.05) is 48.5 Å². The molecule has 1 aliphatic heterocycles. The topological polar surface area (TPSA) is 115 Å². The van der Waals surface area contributed by atoms with Crippen LogP contribution in [0.1, 0.15) is 66.0 Å². The first-order valence-corrected chi connectivity index (χ1v) is 15.0. The molecule has 3 atom stereocenters. The first-order valence-electron chi connectivity index (χ1n) is 13.6. The van der Waals surface area contributed by atoms with Gasteiger partial charge in [0, 0.05) is 13.0 Å². The largest absolute Gasteiger partial charge is 0.488 e. The lowest BCUT2D eigenvalue weighted by Gasteiger charge is -2.29. The molecule has 0 amide bonds. The third-order valence-corrected chi connectivity index (χ3v) is 10.3. The van der Waals surface area contributed by atoms with E-state index in [9.17, 15) is 18.3 Å². The van der Waals surface area contributed by atoms with Crippen LogP contribution in [0.15, 0.2) is 59.5 Å². The highest BCUT2D eigenvalue weighted by molar-refractivity contribution is 7.89. The van der Waals surface area contributed by atoms with Crippen LogP contribution in [0.3, 0.4) is 0 Å². The predicted molar refractivity (Wildman–Crippen MR) is 150 cm³/mol. The van der Waals surface area contributed by atoms with Crippen molar-refractivity contribution < 1.29 is 23.1 Å². The number of aromatic nitrogens is 3. The van der Waals surface area contributed by atoms with Gasteiger partial charge >= 0.3 is 5.97 Å². The SMILES string of the molecule is CC[C@@H]1CN(C2CCc3ccc(C(CC(=O)O)c4ccc5c(nnn5C)c4C)cc32)S(=O)(=O)c2ccccc2O1. The Hall–Kier alpha value is -3.76. The van der Waals surface area contributed by atoms with E-state index in [-0.39, 0.29) is 30.0 Å². The second kappa shape index (κ2) is 10.0. The number of para-hydroxylation sites is 1. The van der Waals surface area contributed by atoms with E-state index in [1.165, 1.54) is 0 Å². The molecule has 1 aromatic heterocycles. The molecule has 3 aromatic carbocycles. The second-order valence-electron chi connectivity index (χ2n) is 10.7. The van der Waals surface area contributed by atoms with Crippen molar-refractivity contribution in [1.82, 2.24) is 19.3 Å². The normalized spacial score (nSPS) is 20.9. The van der Waals surface area contributed by atoms with Gasteiger partial charge < -0.3 is 9.84 Å². The van der Waals surface area contributed by atoms with Crippen molar-refractivity contribution in [2.24, 2.45) is 7.05 Å². The average molecular weight is 561 g/mol. The molecule has 0 bridgehead atoms. The number of carbonyl (C=O) groups is 1. The van der Waals surface area contributed by atoms with E-state index in [0.29, 0.717) is 18.6 Å². The summed E-state index contributed by atoms with van der Waals surface area (Å²) < 4.78 is 37.4. The van der Waals surface area contributed by atoms with E-state index in [2.05, 4.69) is 10.3 Å². The lowest BCUT2D eigenvalue weighted by atomic mass is 9.84. The maximum absolute atomic E-state index is 14.0. The van der Waals surface area contributed by atoms with Crippen LogP contribution in [0.5, 0.6) is 5.75 Å². The number of hydrogen-bond acceptors (Lipinski definition) is 6. The molecule has 40 heavy (non-hydrogen) atoms. The summed E-state index contributed by atoms with van der Waals surface area (Å²) >= 11 is 0. The first kappa shape index (κ1) is 26.5. The standard InChI is InChI=1S/C30H32N4O5S/c1-4-21-17-34(40(37,38)28-8-6-5-7-27(28)39-21)25-13-11-19-9-10-20(15-24(19)25)23(16-29(35)36)22-12-14-26-30(18(22)2)31-32-33(26)3/h5-10,12,14-15,21,23,25H,4,11,13,16-17H2,1-3H3,(H,35,36)/t21-,23?,25?/m1/s1. The van der Waals surface area contributed by atoms with Crippen molar-refractivity contribution in [1.29, 1.82) is 0 Å². The molecule has 0 fully saturated rings. The quantitative estimate of drug-likeness (QED) is 0.363. The highest BCUT2D eigenvalue weighted by atomic mass is 32.2. The van der Waals surface area contributed by atoms with Crippen LogP contribution in [0.25, 0.3) is 11.0 Å². The Balaban J connectivity index is 1.44. The smallest absolute Gasteiger partial charge is 0.304 e. The summed E-state index contributed by atoms with van der Waals surface area (Å²) in [5, 5.41) is 18.3. The Kier molecular flexibility index (Phi) is 6.62. The van der Waals surface area contributed by atoms with E-state index in [1.807, 2.05) is 51.2 Å². The molecule has 0 spiro atoms. The Morgan fingerprint density at radius 2 is 1.98 bits per heavy atom. The molecular weight excluding hydrogens is 528 g/mol. The molecule has 1 aliphatic carbocycles. The first-order chi connectivity index (χ1) is 19.2. The third-order valence-electron chi connectivity index (χ3n) is 8.37. The molecule has 208 valence electrons. The predicted octanol–water partition coefficient (Wildman–Crippen LogP) is 4.73. The number of aliphatic carboxylic acids is 1. The summed E-state index contributed by atoms with van der Waals surface area (Å²) in [7, 11) is -2.00. The van der Waals surface area contributed by atoms with Gasteiger partial charge in [0.2, 0.25) is 10.0 Å². The Morgan fingerprint density at radius 3 is 2.75 bits per heavy atom. The van der Waals surface area contributed by atoms with Crippen LogP contribution in [-0.2, 0) is 28.3 Å². The van der Waals surface area contributed by atoms with Gasteiger partial charge in [-0.05, 0) is 72.2 Å². The molecule has 10 heteroatoms. The fourth-order valence-corrected chi connectivity index (χ4v) is 8.02. The number of sulfonamides is 1. The molecular formula is C30H32N4O5S. The van der Waals surface area contributed by atoms with Crippen LogP contribution < -0.4 is 4.74 Å². The third kappa shape index (κ3) is 4.35. The minimum Gasteiger partial charge on any atom is -0.488 e. The van der Waals surface area contributed by atoms with Crippen LogP contribution in [0.4, 0.5) is 0 Å². The number of aryl methyl sites for hydroxylation is 3. The van der Waals surface area contributed by atoms with E-state index in [0.717, 1.165) is 45.3 Å². The maximum Gasteiger partial charge on any atom is 0.304 e. The minimum absolute atomic E-state index is 0.100. The molecule has 1 N–H and O–H groups in total. The van der Waals surface area contributed by atoms with E-state index >= 15 is 0 Å². The maximum atomic E-state index is 14.0. The minimum atomic E-state index is -3.82. The van der Waals surface area contributed by atoms with Crippen molar-refractivity contribution in [3.63, 3.8) is 0 Å². The molecule has 4 aromatic rings. The molecule has 2 aliphatic rings. The van der Waals surface area contributed by atoms with E-state index in [4.69, 9.17) is 4.74 Å². The zero-order chi connectivity index (χ0) is 28.2. The number of ether oxygens (including phenoxy) is 1. The van der Waals surface area contributed by atoms with Crippen molar-refractivity contribution in [2.45, 2.75) is 62.5 Å². The highest BCUT2D eigenvalue weighted by Gasteiger charge is 2.41. The average Bonchev–Trinajstić information content (AvgIpc) is 3.50. The number of carboxylic acids is 1. The van der Waals surface area contributed by atoms with Crippen molar-refractivity contribution in [2.75, 3.05) is 6.54 Å². The Bertz CT molecular complexity index is 1730. The molecule has 0 saturated carbocycles. The summed E-state index contributed by atoms with van der Waals surface area (Å²) in [6.07, 6.45) is 1.71. The van der Waals surface area contributed by atoms with Gasteiger partial charge in [-0.2, -0.15) is 4.31 Å². The number of benzene rings is 3. The van der Waals surface area contributed by atoms with Gasteiger partial charge in [-0.25, -0.2) is 13.1 Å². The van der Waals surface area contributed by atoms with Crippen LogP contribution in [0.2, 0.25) is 0 Å². The number of hydrogen-bond donors (Lipinski definition) is 1. The number of nitrogens with zero attached hydrogens (tertiary/aromatic N) is 4. The van der Waals surface area contributed by atoms with Gasteiger partial charge in [0.05, 0.1) is 24.5 Å². The van der Waals surface area contributed by atoms with E-state index < -0.39 is 21.9 Å².